The Kier molecular flexibility index (Phi) is 5.59. The van der Waals surface area contributed by atoms with Crippen LogP contribution in [0.2, 0.25) is 0 Å². The van der Waals surface area contributed by atoms with Gasteiger partial charge in [-0.15, -0.1) is 11.3 Å². The third-order valence-corrected chi connectivity index (χ3v) is 5.44. The second kappa shape index (κ2) is 7.75. The van der Waals surface area contributed by atoms with Crippen molar-refractivity contribution in [3.8, 4) is 11.3 Å². The number of rotatable bonds is 5. The van der Waals surface area contributed by atoms with Crippen LogP contribution in [-0.4, -0.2) is 25.6 Å². The topological polar surface area (TPSA) is 88.2 Å². The molecule has 6 nitrogen and oxygen atoms in total. The molecule has 0 atom stereocenters. The second-order valence-corrected chi connectivity index (χ2v) is 9.03. The van der Waals surface area contributed by atoms with Crippen LogP contribution in [0.4, 0.5) is 15.2 Å². The average molecular weight is 470 g/mol. The second-order valence-electron chi connectivity index (χ2n) is 5.57. The third kappa shape index (κ3) is 5.12. The number of carbonyl (C=O) groups excluding carboxylic acids is 1. The van der Waals surface area contributed by atoms with Gasteiger partial charge in [0.1, 0.15) is 5.82 Å². The Labute approximate surface area is 167 Å². The average Bonchev–Trinajstić information content (AvgIpc) is 3.04. The highest BCUT2D eigenvalue weighted by Crippen LogP contribution is 2.27. The summed E-state index contributed by atoms with van der Waals surface area (Å²) in [6.45, 7) is 0. The number of sulfonamides is 1. The largest absolute Gasteiger partial charge is 0.298 e. The number of benzene rings is 2. The number of hydrogen-bond donors (Lipinski definition) is 2. The van der Waals surface area contributed by atoms with E-state index in [9.17, 15) is 17.6 Å². The Morgan fingerprint density at radius 3 is 2.56 bits per heavy atom. The number of nitrogens with one attached hydrogen (secondary N) is 2. The van der Waals surface area contributed by atoms with E-state index >= 15 is 0 Å². The number of anilines is 2. The highest BCUT2D eigenvalue weighted by molar-refractivity contribution is 9.10. The number of carbonyl (C=O) groups is 1. The lowest BCUT2D eigenvalue weighted by Crippen LogP contribution is -2.12. The van der Waals surface area contributed by atoms with Crippen LogP contribution >= 0.6 is 27.3 Å². The molecule has 0 aliphatic rings. The van der Waals surface area contributed by atoms with E-state index in [2.05, 4.69) is 31.0 Å². The predicted octanol–water partition coefficient (Wildman–Crippen LogP) is 4.34. The summed E-state index contributed by atoms with van der Waals surface area (Å²) in [5.41, 5.74) is 2.00. The van der Waals surface area contributed by atoms with Crippen LogP contribution in [0, 0.1) is 5.82 Å². The zero-order valence-corrected chi connectivity index (χ0v) is 17.1. The zero-order chi connectivity index (χ0) is 19.6. The minimum absolute atomic E-state index is 0.169. The van der Waals surface area contributed by atoms with E-state index in [1.54, 1.807) is 29.6 Å². The first-order chi connectivity index (χ1) is 12.7. The normalized spacial score (nSPS) is 11.2. The molecule has 0 aliphatic heterocycles. The maximum absolute atomic E-state index is 13.4. The number of halogens is 2. The first kappa shape index (κ1) is 19.5. The van der Waals surface area contributed by atoms with Crippen LogP contribution in [0.1, 0.15) is 10.4 Å². The van der Waals surface area contributed by atoms with E-state index in [0.29, 0.717) is 21.0 Å². The van der Waals surface area contributed by atoms with Gasteiger partial charge >= 0.3 is 0 Å². The third-order valence-electron chi connectivity index (χ3n) is 3.38. The van der Waals surface area contributed by atoms with Gasteiger partial charge in [-0.1, -0.05) is 12.1 Å². The van der Waals surface area contributed by atoms with Crippen molar-refractivity contribution in [1.82, 2.24) is 4.98 Å². The molecule has 2 N–H and O–H groups in total. The Bertz CT molecular complexity index is 1100. The monoisotopic (exact) mass is 469 g/mol. The van der Waals surface area contributed by atoms with Gasteiger partial charge < -0.3 is 0 Å². The minimum Gasteiger partial charge on any atom is -0.298 e. The van der Waals surface area contributed by atoms with Gasteiger partial charge in [0.05, 0.1) is 17.5 Å². The highest BCUT2D eigenvalue weighted by Gasteiger charge is 2.14. The molecule has 3 rings (SSSR count). The number of hydrogen-bond acceptors (Lipinski definition) is 5. The highest BCUT2D eigenvalue weighted by atomic mass is 79.9. The molecule has 2 aromatic carbocycles. The molecule has 27 heavy (non-hydrogen) atoms. The Morgan fingerprint density at radius 2 is 1.89 bits per heavy atom. The minimum atomic E-state index is -3.34. The molecule has 0 saturated carbocycles. The molecule has 1 heterocycles. The molecule has 0 unspecified atom stereocenters. The van der Waals surface area contributed by atoms with E-state index < -0.39 is 21.7 Å². The molecule has 1 amide bonds. The molecular weight excluding hydrogens is 457 g/mol. The number of thiazole rings is 1. The number of nitrogens with zero attached hydrogens (tertiary/aromatic N) is 1. The Hall–Kier alpha value is -2.30. The molecule has 0 radical (unpaired) electrons. The molecule has 0 spiro atoms. The van der Waals surface area contributed by atoms with Crippen molar-refractivity contribution in [2.24, 2.45) is 0 Å². The van der Waals surface area contributed by atoms with Gasteiger partial charge in [0.15, 0.2) is 5.13 Å². The van der Waals surface area contributed by atoms with Gasteiger partial charge in [0.2, 0.25) is 10.0 Å². The van der Waals surface area contributed by atoms with Crippen molar-refractivity contribution in [3.63, 3.8) is 0 Å². The summed E-state index contributed by atoms with van der Waals surface area (Å²) < 4.78 is 38.7. The molecule has 0 bridgehead atoms. The smallest absolute Gasteiger partial charge is 0.258 e. The lowest BCUT2D eigenvalue weighted by molar-refractivity contribution is 0.102. The van der Waals surface area contributed by atoms with Gasteiger partial charge in [0, 0.05) is 21.1 Å². The fourth-order valence-electron chi connectivity index (χ4n) is 2.22. The van der Waals surface area contributed by atoms with Crippen molar-refractivity contribution in [3.05, 3.63) is 63.7 Å². The first-order valence-corrected chi connectivity index (χ1v) is 11.1. The van der Waals surface area contributed by atoms with Crippen molar-refractivity contribution in [2.75, 3.05) is 16.3 Å². The maximum atomic E-state index is 13.4. The molecular formula is C17H13BrFN3O3S2. The van der Waals surface area contributed by atoms with Crippen LogP contribution in [0.5, 0.6) is 0 Å². The van der Waals surface area contributed by atoms with Crippen molar-refractivity contribution >= 4 is 54.0 Å². The van der Waals surface area contributed by atoms with E-state index in [-0.39, 0.29) is 5.56 Å². The molecule has 140 valence electrons. The summed E-state index contributed by atoms with van der Waals surface area (Å²) >= 11 is 4.45. The van der Waals surface area contributed by atoms with Gasteiger partial charge in [-0.25, -0.2) is 17.8 Å². The van der Waals surface area contributed by atoms with Crippen LogP contribution in [0.25, 0.3) is 11.3 Å². The van der Waals surface area contributed by atoms with Gasteiger partial charge in [0.25, 0.3) is 5.91 Å². The molecule has 10 heteroatoms. The van der Waals surface area contributed by atoms with Crippen LogP contribution < -0.4 is 10.0 Å². The van der Waals surface area contributed by atoms with Crippen molar-refractivity contribution < 1.29 is 17.6 Å². The quantitative estimate of drug-likeness (QED) is 0.581. The molecule has 0 fully saturated rings. The van der Waals surface area contributed by atoms with E-state index in [4.69, 9.17) is 0 Å². The first-order valence-electron chi connectivity index (χ1n) is 7.51. The van der Waals surface area contributed by atoms with E-state index in [1.165, 1.54) is 23.5 Å². The molecule has 3 aromatic rings. The summed E-state index contributed by atoms with van der Waals surface area (Å²) in [5.74, 6) is -0.985. The maximum Gasteiger partial charge on any atom is 0.258 e. The van der Waals surface area contributed by atoms with Gasteiger partial charge in [-0.2, -0.15) is 0 Å². The zero-order valence-electron chi connectivity index (χ0n) is 13.9. The van der Waals surface area contributed by atoms with Crippen LogP contribution in [0.15, 0.2) is 52.3 Å². The van der Waals surface area contributed by atoms with Crippen LogP contribution in [0.3, 0.4) is 0 Å². The van der Waals surface area contributed by atoms with Gasteiger partial charge in [-0.05, 0) is 46.3 Å². The SMILES string of the molecule is CS(=O)(=O)Nc1ccc(-c2csc(NC(=O)c3cc(F)ccc3Br)n2)cc1. The van der Waals surface area contributed by atoms with E-state index in [1.807, 2.05) is 0 Å². The number of amides is 1. The van der Waals surface area contributed by atoms with Crippen LogP contribution in [-0.2, 0) is 10.0 Å². The fourth-order valence-corrected chi connectivity index (χ4v) is 3.93. The van der Waals surface area contributed by atoms with E-state index in [0.717, 1.165) is 17.9 Å². The lowest BCUT2D eigenvalue weighted by atomic mass is 10.1. The Balaban J connectivity index is 1.75. The summed E-state index contributed by atoms with van der Waals surface area (Å²) in [5, 5.41) is 4.76. The number of aromatic nitrogens is 1. The fraction of sp³-hybridized carbons (Fsp3) is 0.0588. The molecule has 1 aromatic heterocycles. The summed E-state index contributed by atoms with van der Waals surface area (Å²) in [7, 11) is -3.34. The van der Waals surface area contributed by atoms with Gasteiger partial charge in [-0.3, -0.25) is 14.8 Å². The van der Waals surface area contributed by atoms with Crippen molar-refractivity contribution in [1.29, 1.82) is 0 Å². The summed E-state index contributed by atoms with van der Waals surface area (Å²) in [6, 6.07) is 10.5. The summed E-state index contributed by atoms with van der Waals surface area (Å²) in [6.07, 6.45) is 1.08. The lowest BCUT2D eigenvalue weighted by Gasteiger charge is -2.05. The van der Waals surface area contributed by atoms with Crippen molar-refractivity contribution in [2.45, 2.75) is 0 Å². The Morgan fingerprint density at radius 1 is 1.19 bits per heavy atom. The standard InChI is InChI=1S/C17H13BrFN3O3S2/c1-27(24,25)22-12-5-2-10(3-6-12)15-9-26-17(20-15)21-16(23)13-8-11(19)4-7-14(13)18/h2-9,22H,1H3,(H,20,21,23). The molecule has 0 saturated heterocycles. The predicted molar refractivity (Wildman–Crippen MR) is 108 cm³/mol. The molecule has 0 aliphatic carbocycles. The summed E-state index contributed by atoms with van der Waals surface area (Å²) in [4.78, 5) is 16.6.